The van der Waals surface area contributed by atoms with E-state index in [0.717, 1.165) is 19.3 Å². The molecule has 0 radical (unpaired) electrons. The molecule has 0 spiro atoms. The van der Waals surface area contributed by atoms with Crippen molar-refractivity contribution in [1.82, 2.24) is 22.3 Å². The average Bonchev–Trinajstić information content (AvgIpc) is 1.54. The van der Waals surface area contributed by atoms with Crippen molar-refractivity contribution in [2.45, 2.75) is 243 Å². The molecule has 2 aliphatic heterocycles. The molecule has 0 saturated carbocycles. The van der Waals surface area contributed by atoms with E-state index in [4.69, 9.17) is 0 Å². The van der Waals surface area contributed by atoms with E-state index < -0.39 is 0 Å². The summed E-state index contributed by atoms with van der Waals surface area (Å²) >= 11 is 0. The lowest BCUT2D eigenvalue weighted by Crippen LogP contribution is -2.51. The van der Waals surface area contributed by atoms with Gasteiger partial charge in [0.2, 0.25) is 0 Å². The van der Waals surface area contributed by atoms with Crippen LogP contribution in [0.15, 0.2) is 261 Å². The van der Waals surface area contributed by atoms with Gasteiger partial charge in [-0.2, -0.15) is 22.0 Å². The molecular weight excluding hydrogens is 1710 g/mol. The molecule has 0 amide bonds. The van der Waals surface area contributed by atoms with E-state index in [1.54, 1.807) is 0 Å². The summed E-state index contributed by atoms with van der Waals surface area (Å²) in [7, 11) is 11.0. The number of benzene rings is 12. The Morgan fingerprint density at radius 2 is 0.660 bits per heavy atom. The Balaban J connectivity index is 0.000000133. The number of nitrogens with zero attached hydrogens (tertiary/aromatic N) is 10. The number of rotatable bonds is 9. The van der Waals surface area contributed by atoms with Crippen molar-refractivity contribution >= 4 is 137 Å². The maximum Gasteiger partial charge on any atom is 0.295 e. The number of imidazole rings is 5. The fourth-order valence-electron chi connectivity index (χ4n) is 24.4. The molecule has 10 nitrogen and oxygen atoms in total. The normalized spacial score (nSPS) is 13.7. The number of pyridine rings is 5. The average molecular weight is 1870 g/mol. The third-order valence-corrected chi connectivity index (χ3v) is 32.3. The fourth-order valence-corrected chi connectivity index (χ4v) is 24.4. The maximum absolute atomic E-state index is 2.57. The topological polar surface area (TPSA) is 42.9 Å². The zero-order valence-electron chi connectivity index (χ0n) is 85.7. The van der Waals surface area contributed by atoms with Crippen LogP contribution >= 0.6 is 0 Å². The van der Waals surface area contributed by atoms with Crippen LogP contribution in [0.2, 0.25) is 0 Å². The monoisotopic (exact) mass is 1870 g/mol. The van der Waals surface area contributed by atoms with E-state index in [-0.39, 0.29) is 58.8 Å². The molecule has 0 bridgehead atoms. The highest BCUT2D eigenvalue weighted by atomic mass is 15.2. The quantitative estimate of drug-likeness (QED) is 0.102. The molecule has 0 N–H and O–H groups in total. The van der Waals surface area contributed by atoms with E-state index in [9.17, 15) is 0 Å². The summed E-state index contributed by atoms with van der Waals surface area (Å²) in [6.45, 7) is 53.3. The van der Waals surface area contributed by atoms with Gasteiger partial charge < -0.3 is 0 Å². The van der Waals surface area contributed by atoms with Gasteiger partial charge in [0.05, 0.1) is 62.2 Å². The Kier molecular flexibility index (Phi) is 27.2. The van der Waals surface area contributed by atoms with Gasteiger partial charge >= 0.3 is 0 Å². The standard InChI is InChI=1S/C31H35N2.C30H33N2.C24H27N2.C23H25N2.C18H17N2.5CH4/c1-20(2)17-23-12-10-13-24(18-21(3)4)30(23)28-19-32(6)31-29-22(5)11-9-15-26(29)25-14-7-8-16-27(25)33(28)31;1-19(2)17-22-12-10-14-23(20(3)4)29(22)27-18-31(6)30-28-21(5)11-9-15-25(28)24-13-7-8-16-26(24)32(27)30;1-14-10-8-11-16-17-12-9-13-18-20(17)26-21(24(5,6)23(18,3)4)15(2)25(7)22(26)19(14)16;1-14-9-7-10-15-16-11-8-12-17-20(16)25-18(23(4,5)22(17,2)3)13-24(6)21(25)19(14)15;1-12-7-6-9-15-14-8-4-5-10-16(14)20-11-13(2)19(3)18(20)17(12)15;;;;;/h7-16,19-21H,17-18H2,1-6H3;7-16,18-20H,17H2,1-6H3;8-13H,1-7H3;7-13H,1-6H3;4-11H,1-3H3;5*1H4/q5*+1;;;;;. The third-order valence-electron chi connectivity index (χ3n) is 32.3. The summed E-state index contributed by atoms with van der Waals surface area (Å²) in [6, 6.07) is 87.3. The van der Waals surface area contributed by atoms with Crippen LogP contribution in [0, 0.1) is 66.2 Å². The lowest BCUT2D eigenvalue weighted by molar-refractivity contribution is -0.643. The van der Waals surface area contributed by atoms with Crippen LogP contribution in [0.1, 0.15) is 238 Å². The van der Waals surface area contributed by atoms with E-state index in [1.165, 1.54) is 243 Å². The number of aromatic nitrogens is 10. The van der Waals surface area contributed by atoms with Gasteiger partial charge in [-0.1, -0.05) is 366 Å². The minimum Gasteiger partial charge on any atom is -0.232 e. The molecule has 24 rings (SSSR count). The van der Waals surface area contributed by atoms with Gasteiger partial charge in [0.25, 0.3) is 28.2 Å². The Hall–Kier alpha value is -13.3. The van der Waals surface area contributed by atoms with Crippen LogP contribution in [-0.4, -0.2) is 22.3 Å². The summed E-state index contributed by atoms with van der Waals surface area (Å²) in [4.78, 5) is 0. The van der Waals surface area contributed by atoms with Gasteiger partial charge in [-0.25, -0.2) is 22.8 Å². The first kappa shape index (κ1) is 102. The van der Waals surface area contributed by atoms with Crippen molar-refractivity contribution in [3.63, 3.8) is 0 Å². The number of aryl methyl sites for hydroxylation is 11. The lowest BCUT2D eigenvalue weighted by atomic mass is 9.60. The highest BCUT2D eigenvalue weighted by molar-refractivity contribution is 6.17. The van der Waals surface area contributed by atoms with Crippen molar-refractivity contribution < 1.29 is 22.5 Å². The molecule has 0 atom stereocenters. The van der Waals surface area contributed by atoms with E-state index >= 15 is 0 Å². The van der Waals surface area contributed by atoms with Crippen LogP contribution in [-0.2, 0) is 76.2 Å². The Bertz CT molecular complexity index is 8700. The third kappa shape index (κ3) is 15.6. The van der Waals surface area contributed by atoms with Gasteiger partial charge in [0.15, 0.2) is 22.8 Å². The number of para-hydroxylation sites is 5. The van der Waals surface area contributed by atoms with Crippen LogP contribution < -0.4 is 22.5 Å². The number of fused-ring (bicyclic) bond motifs is 24. The van der Waals surface area contributed by atoms with Gasteiger partial charge in [-0.15, -0.1) is 0 Å². The number of hydrogen-bond donors (Lipinski definition) is 0. The zero-order chi connectivity index (χ0) is 96.0. The molecule has 22 aromatic rings. The molecule has 12 heterocycles. The number of hydrogen-bond acceptors (Lipinski definition) is 0. The Morgan fingerprint density at radius 3 is 1.14 bits per heavy atom. The molecule has 2 aliphatic rings. The minimum absolute atomic E-state index is 0. The summed E-state index contributed by atoms with van der Waals surface area (Å²) in [5, 5.41) is 20.2. The molecule has 0 unspecified atom stereocenters. The molecular formula is C131H157N10+5. The molecule has 10 aromatic heterocycles. The summed E-state index contributed by atoms with van der Waals surface area (Å²) in [6.07, 6.45) is 12.5. The summed E-state index contributed by atoms with van der Waals surface area (Å²) in [5.74, 6) is 2.29. The fraction of sp³-hybridized carbons (Fsp3) is 0.336. The van der Waals surface area contributed by atoms with Gasteiger partial charge in [-0.3, -0.25) is 0 Å². The first-order valence-corrected chi connectivity index (χ1v) is 49.7. The summed E-state index contributed by atoms with van der Waals surface area (Å²) in [5.41, 5.74) is 39.5. The maximum atomic E-state index is 2.57. The van der Waals surface area contributed by atoms with Crippen LogP contribution in [0.25, 0.3) is 159 Å². The highest BCUT2D eigenvalue weighted by Crippen LogP contribution is 2.54. The van der Waals surface area contributed by atoms with Crippen molar-refractivity contribution in [3.05, 3.63) is 345 Å². The smallest absolute Gasteiger partial charge is 0.232 e. The molecule has 0 saturated heterocycles. The van der Waals surface area contributed by atoms with Crippen LogP contribution in [0.4, 0.5) is 0 Å². The second kappa shape index (κ2) is 37.6. The molecule has 141 heavy (non-hydrogen) atoms. The largest absolute Gasteiger partial charge is 0.295 e. The van der Waals surface area contributed by atoms with E-state index in [0.29, 0.717) is 23.7 Å². The van der Waals surface area contributed by atoms with Gasteiger partial charge in [0, 0.05) is 112 Å². The molecule has 12 aromatic carbocycles. The molecule has 0 aliphatic carbocycles. The second-order valence-electron chi connectivity index (χ2n) is 43.8. The van der Waals surface area contributed by atoms with E-state index in [2.05, 4.69) is 501 Å². The molecule has 10 heteroatoms. The van der Waals surface area contributed by atoms with Crippen molar-refractivity contribution in [1.29, 1.82) is 0 Å². The first-order valence-electron chi connectivity index (χ1n) is 49.7. The predicted octanol–water partition coefficient (Wildman–Crippen LogP) is 31.9. The minimum atomic E-state index is 0. The SMILES string of the molecule is C.C.C.C.C.Cc1cccc2c3cccc4c3[n+]3c(c(C)n(C)c3c12)C(C)(C)C4(C)C.Cc1cccc2c3cccc4c3n3c(c[n+](C)c3c12)C(C)(C)C4(C)C.Cc1cccc2c3ccccc3[n+]3cc(C)n(C)c3c12.Cc1cccc2c3ccccc3n3c(-c4c(CC(C)C)cccc4C(C)C)c[n+](C)c3c12.Cc1cccc2c3ccccc3n3c(-c4c(CC(C)C)cccc4CC(C)C)c[n+](C)c3c12. The van der Waals surface area contributed by atoms with Crippen molar-refractivity contribution in [2.24, 2.45) is 53.0 Å². The van der Waals surface area contributed by atoms with Crippen LogP contribution in [0.3, 0.4) is 0 Å². The highest BCUT2D eigenvalue weighted by Gasteiger charge is 2.53. The lowest BCUT2D eigenvalue weighted by Gasteiger charge is -2.43. The van der Waals surface area contributed by atoms with Crippen molar-refractivity contribution in [3.8, 4) is 22.5 Å². The second-order valence-corrected chi connectivity index (χ2v) is 43.8. The van der Waals surface area contributed by atoms with Gasteiger partial charge in [-0.05, 0) is 146 Å². The van der Waals surface area contributed by atoms with Crippen molar-refractivity contribution in [2.75, 3.05) is 0 Å². The molecule has 0 fully saturated rings. The Labute approximate surface area is 839 Å². The predicted molar refractivity (Wildman–Crippen MR) is 607 cm³/mol. The Morgan fingerprint density at radius 1 is 0.305 bits per heavy atom. The zero-order valence-corrected chi connectivity index (χ0v) is 85.7. The van der Waals surface area contributed by atoms with Crippen LogP contribution in [0.5, 0.6) is 0 Å². The molecule has 726 valence electrons. The van der Waals surface area contributed by atoms with E-state index in [1.807, 2.05) is 0 Å². The van der Waals surface area contributed by atoms with Gasteiger partial charge in [0.1, 0.15) is 63.8 Å². The summed E-state index contributed by atoms with van der Waals surface area (Å²) < 4.78 is 24.1. The first-order chi connectivity index (χ1) is 64.9.